The molecule has 0 unspecified atom stereocenters. The molecule has 2 aromatic rings. The number of hydrogen-bond acceptors (Lipinski definition) is 3. The third-order valence-corrected chi connectivity index (χ3v) is 4.17. The van der Waals surface area contributed by atoms with Gasteiger partial charge in [-0.2, -0.15) is 0 Å². The smallest absolute Gasteiger partial charge is 0.329 e. The lowest BCUT2D eigenvalue weighted by atomic mass is 10.1. The molecule has 0 radical (unpaired) electrons. The van der Waals surface area contributed by atoms with Crippen molar-refractivity contribution < 1.29 is 14.3 Å². The number of rotatable bonds is 5. The molecule has 0 aromatic heterocycles. The topological polar surface area (TPSA) is 49.9 Å². The number of aryl methyl sites for hydroxylation is 1. The fraction of sp³-hybridized carbons (Fsp3) is 0.263. The van der Waals surface area contributed by atoms with Crippen molar-refractivity contribution in [1.82, 2.24) is 0 Å². The van der Waals surface area contributed by atoms with E-state index in [1.54, 1.807) is 9.80 Å². The SMILES string of the molecule is COC(=O)CCc1ccc(N2CCN(c3ccccc3)C2=O)cc1. The number of para-hydroxylation sites is 1. The zero-order valence-electron chi connectivity index (χ0n) is 13.6. The van der Waals surface area contributed by atoms with Crippen LogP contribution >= 0.6 is 0 Å². The zero-order chi connectivity index (χ0) is 16.9. The van der Waals surface area contributed by atoms with Crippen molar-refractivity contribution in [1.29, 1.82) is 0 Å². The number of nitrogens with zero attached hydrogens (tertiary/aromatic N) is 2. The van der Waals surface area contributed by atoms with Gasteiger partial charge in [-0.15, -0.1) is 0 Å². The van der Waals surface area contributed by atoms with Crippen molar-refractivity contribution in [3.05, 3.63) is 60.2 Å². The summed E-state index contributed by atoms with van der Waals surface area (Å²) in [7, 11) is 1.39. The van der Waals surface area contributed by atoms with E-state index in [9.17, 15) is 9.59 Å². The third kappa shape index (κ3) is 3.40. The van der Waals surface area contributed by atoms with Crippen LogP contribution < -0.4 is 9.80 Å². The first-order chi connectivity index (χ1) is 11.7. The van der Waals surface area contributed by atoms with Crippen LogP contribution in [0.3, 0.4) is 0 Å². The zero-order valence-corrected chi connectivity index (χ0v) is 13.6. The predicted molar refractivity (Wildman–Crippen MR) is 93.3 cm³/mol. The van der Waals surface area contributed by atoms with Gasteiger partial charge < -0.3 is 4.74 Å². The maximum absolute atomic E-state index is 12.6. The Morgan fingerprint density at radius 1 is 0.958 bits per heavy atom. The van der Waals surface area contributed by atoms with Crippen molar-refractivity contribution >= 4 is 23.4 Å². The Labute approximate surface area is 141 Å². The molecule has 124 valence electrons. The Morgan fingerprint density at radius 3 is 2.12 bits per heavy atom. The molecule has 0 atom stereocenters. The average molecular weight is 324 g/mol. The van der Waals surface area contributed by atoms with Gasteiger partial charge in [0.1, 0.15) is 0 Å². The highest BCUT2D eigenvalue weighted by Gasteiger charge is 2.30. The summed E-state index contributed by atoms with van der Waals surface area (Å²) in [5, 5.41) is 0. The molecule has 0 saturated carbocycles. The van der Waals surface area contributed by atoms with Crippen LogP contribution in [0, 0.1) is 0 Å². The van der Waals surface area contributed by atoms with E-state index in [0.29, 0.717) is 25.9 Å². The highest BCUT2D eigenvalue weighted by Crippen LogP contribution is 2.25. The molecule has 24 heavy (non-hydrogen) atoms. The highest BCUT2D eigenvalue weighted by atomic mass is 16.5. The van der Waals surface area contributed by atoms with E-state index in [-0.39, 0.29) is 12.0 Å². The van der Waals surface area contributed by atoms with E-state index in [1.807, 2.05) is 54.6 Å². The van der Waals surface area contributed by atoms with Crippen molar-refractivity contribution in [2.75, 3.05) is 30.0 Å². The van der Waals surface area contributed by atoms with Gasteiger partial charge in [0, 0.05) is 30.9 Å². The molecule has 2 amide bonds. The molecule has 1 saturated heterocycles. The highest BCUT2D eigenvalue weighted by molar-refractivity contribution is 6.06. The van der Waals surface area contributed by atoms with E-state index < -0.39 is 0 Å². The number of urea groups is 1. The molecule has 5 nitrogen and oxygen atoms in total. The van der Waals surface area contributed by atoms with Crippen molar-refractivity contribution in [2.45, 2.75) is 12.8 Å². The summed E-state index contributed by atoms with van der Waals surface area (Å²) in [6, 6.07) is 17.4. The molecule has 2 aromatic carbocycles. The summed E-state index contributed by atoms with van der Waals surface area (Å²) in [5.74, 6) is -0.215. The lowest BCUT2D eigenvalue weighted by molar-refractivity contribution is -0.140. The standard InChI is InChI=1S/C19H20N2O3/c1-24-18(22)12-9-15-7-10-17(11-8-15)21-14-13-20(19(21)23)16-5-3-2-4-6-16/h2-8,10-11H,9,12-14H2,1H3. The summed E-state index contributed by atoms with van der Waals surface area (Å²) < 4.78 is 4.65. The molecule has 1 heterocycles. The van der Waals surface area contributed by atoms with E-state index in [1.165, 1.54) is 7.11 Å². The quantitative estimate of drug-likeness (QED) is 0.793. The lowest BCUT2D eigenvalue weighted by Gasteiger charge is -2.19. The van der Waals surface area contributed by atoms with Crippen LogP contribution in [0.2, 0.25) is 0 Å². The van der Waals surface area contributed by atoms with Gasteiger partial charge in [0.2, 0.25) is 0 Å². The van der Waals surface area contributed by atoms with Crippen LogP contribution in [-0.4, -0.2) is 32.2 Å². The Kier molecular flexibility index (Phi) is 4.79. The third-order valence-electron chi connectivity index (χ3n) is 4.17. The van der Waals surface area contributed by atoms with Crippen LogP contribution in [0.1, 0.15) is 12.0 Å². The Bertz CT molecular complexity index is 713. The van der Waals surface area contributed by atoms with Crippen LogP contribution in [0.4, 0.5) is 16.2 Å². The second kappa shape index (κ2) is 7.17. The van der Waals surface area contributed by atoms with Gasteiger partial charge in [0.05, 0.1) is 7.11 Å². The Morgan fingerprint density at radius 2 is 1.54 bits per heavy atom. The number of anilines is 2. The van der Waals surface area contributed by atoms with E-state index >= 15 is 0 Å². The molecule has 0 spiro atoms. The molecule has 5 heteroatoms. The number of carbonyl (C=O) groups excluding carboxylic acids is 2. The minimum atomic E-state index is -0.215. The van der Waals surface area contributed by atoms with Crippen LogP contribution in [-0.2, 0) is 16.0 Å². The predicted octanol–water partition coefficient (Wildman–Crippen LogP) is 3.24. The number of esters is 1. The summed E-state index contributed by atoms with van der Waals surface area (Å²) in [6.45, 7) is 1.34. The normalized spacial score (nSPS) is 14.1. The van der Waals surface area contributed by atoms with Crippen molar-refractivity contribution in [3.63, 3.8) is 0 Å². The van der Waals surface area contributed by atoms with Gasteiger partial charge in [-0.05, 0) is 36.2 Å². The molecule has 1 fully saturated rings. The number of amides is 2. The van der Waals surface area contributed by atoms with E-state index in [2.05, 4.69) is 4.74 Å². The molecular weight excluding hydrogens is 304 g/mol. The molecule has 0 bridgehead atoms. The van der Waals surface area contributed by atoms with Gasteiger partial charge >= 0.3 is 12.0 Å². The minimum absolute atomic E-state index is 0.0106. The molecule has 1 aliphatic rings. The maximum Gasteiger partial charge on any atom is 0.329 e. The Hall–Kier alpha value is -2.82. The fourth-order valence-corrected chi connectivity index (χ4v) is 2.82. The monoisotopic (exact) mass is 324 g/mol. The van der Waals surface area contributed by atoms with Crippen LogP contribution in [0.15, 0.2) is 54.6 Å². The molecule has 0 N–H and O–H groups in total. The first-order valence-corrected chi connectivity index (χ1v) is 7.99. The molecular formula is C19H20N2O3. The maximum atomic E-state index is 12.6. The number of ether oxygens (including phenoxy) is 1. The minimum Gasteiger partial charge on any atom is -0.469 e. The molecule has 1 aliphatic heterocycles. The number of benzene rings is 2. The lowest BCUT2D eigenvalue weighted by Crippen LogP contribution is -2.31. The number of hydrogen-bond donors (Lipinski definition) is 0. The summed E-state index contributed by atoms with van der Waals surface area (Å²) in [4.78, 5) is 27.4. The summed E-state index contributed by atoms with van der Waals surface area (Å²) >= 11 is 0. The van der Waals surface area contributed by atoms with Crippen LogP contribution in [0.25, 0.3) is 0 Å². The second-order valence-electron chi connectivity index (χ2n) is 5.66. The Balaban J connectivity index is 1.67. The van der Waals surface area contributed by atoms with Crippen molar-refractivity contribution in [2.24, 2.45) is 0 Å². The number of carbonyl (C=O) groups is 2. The van der Waals surface area contributed by atoms with Gasteiger partial charge in [0.25, 0.3) is 0 Å². The van der Waals surface area contributed by atoms with Gasteiger partial charge in [-0.25, -0.2) is 4.79 Å². The van der Waals surface area contributed by atoms with Crippen molar-refractivity contribution in [3.8, 4) is 0 Å². The largest absolute Gasteiger partial charge is 0.469 e. The average Bonchev–Trinajstić information content (AvgIpc) is 3.02. The fourth-order valence-electron chi connectivity index (χ4n) is 2.82. The summed E-state index contributed by atoms with van der Waals surface area (Å²) in [5.41, 5.74) is 2.84. The van der Waals surface area contributed by atoms with Gasteiger partial charge in [-0.3, -0.25) is 14.6 Å². The number of methoxy groups -OCH3 is 1. The van der Waals surface area contributed by atoms with Gasteiger partial charge in [0.15, 0.2) is 0 Å². The summed E-state index contributed by atoms with van der Waals surface area (Å²) in [6.07, 6.45) is 0.997. The van der Waals surface area contributed by atoms with E-state index in [0.717, 1.165) is 16.9 Å². The first-order valence-electron chi connectivity index (χ1n) is 7.99. The second-order valence-corrected chi connectivity index (χ2v) is 5.66. The van der Waals surface area contributed by atoms with Gasteiger partial charge in [-0.1, -0.05) is 30.3 Å². The molecule has 3 rings (SSSR count). The van der Waals surface area contributed by atoms with E-state index in [4.69, 9.17) is 0 Å². The molecule has 0 aliphatic carbocycles. The first kappa shape index (κ1) is 16.1. The van der Waals surface area contributed by atoms with Crippen LogP contribution in [0.5, 0.6) is 0 Å².